The third-order valence-electron chi connectivity index (χ3n) is 3.10. The fourth-order valence-electron chi connectivity index (χ4n) is 1.79. The lowest BCUT2D eigenvalue weighted by Crippen LogP contribution is -2.33. The number of rotatable bonds is 6. The van der Waals surface area contributed by atoms with Crippen LogP contribution < -0.4 is 4.74 Å². The summed E-state index contributed by atoms with van der Waals surface area (Å²) in [7, 11) is 1.73. The van der Waals surface area contributed by atoms with Gasteiger partial charge in [0.15, 0.2) is 6.61 Å². The molecule has 6 heteroatoms. The molecule has 0 unspecified atom stereocenters. The van der Waals surface area contributed by atoms with Crippen LogP contribution in [0, 0.1) is 0 Å². The quantitative estimate of drug-likeness (QED) is 0.809. The molecule has 0 aliphatic heterocycles. The number of hydrogen-bond donors (Lipinski definition) is 0. The number of halogens is 2. The molecule has 1 amide bonds. The van der Waals surface area contributed by atoms with E-state index in [0.29, 0.717) is 28.8 Å². The minimum Gasteiger partial charge on any atom is -0.482 e. The molecular weight excluding hydrogens is 323 g/mol. The van der Waals surface area contributed by atoms with Crippen molar-refractivity contribution in [3.8, 4) is 5.75 Å². The molecule has 0 bridgehead atoms. The summed E-state index contributed by atoms with van der Waals surface area (Å²) in [5.74, 6) is 0.271. The van der Waals surface area contributed by atoms with Crippen molar-refractivity contribution in [3.63, 3.8) is 0 Å². The van der Waals surface area contributed by atoms with E-state index in [1.54, 1.807) is 36.3 Å². The minimum atomic E-state index is -0.132. The van der Waals surface area contributed by atoms with Crippen LogP contribution >= 0.6 is 23.2 Å². The predicted octanol–water partition coefficient (Wildman–Crippen LogP) is 3.47. The Morgan fingerprint density at radius 3 is 2.82 bits per heavy atom. The molecule has 1 aromatic carbocycles. The smallest absolute Gasteiger partial charge is 0.260 e. The summed E-state index contributed by atoms with van der Waals surface area (Å²) in [6, 6.07) is 10.6. The van der Waals surface area contributed by atoms with Gasteiger partial charge < -0.3 is 9.64 Å². The number of carbonyl (C=O) groups excluding carboxylic acids is 1. The lowest BCUT2D eigenvalue weighted by Gasteiger charge is -2.17. The Kier molecular flexibility index (Phi) is 6.04. The van der Waals surface area contributed by atoms with E-state index in [1.165, 1.54) is 0 Å². The van der Waals surface area contributed by atoms with Gasteiger partial charge in [-0.1, -0.05) is 29.3 Å². The van der Waals surface area contributed by atoms with Gasteiger partial charge in [0.2, 0.25) is 0 Å². The maximum absolute atomic E-state index is 12.0. The van der Waals surface area contributed by atoms with Crippen LogP contribution in [0.1, 0.15) is 5.69 Å². The molecule has 2 aromatic rings. The molecule has 0 aliphatic rings. The molecule has 1 heterocycles. The van der Waals surface area contributed by atoms with Crippen molar-refractivity contribution in [2.45, 2.75) is 6.42 Å². The van der Waals surface area contributed by atoms with E-state index in [9.17, 15) is 4.79 Å². The molecule has 0 N–H and O–H groups in total. The lowest BCUT2D eigenvalue weighted by atomic mass is 10.2. The van der Waals surface area contributed by atoms with Gasteiger partial charge in [0.25, 0.3) is 5.91 Å². The molecular formula is C16H16Cl2N2O2. The zero-order valence-corrected chi connectivity index (χ0v) is 13.6. The van der Waals surface area contributed by atoms with Crippen molar-refractivity contribution in [1.29, 1.82) is 0 Å². The summed E-state index contributed by atoms with van der Waals surface area (Å²) >= 11 is 11.9. The van der Waals surface area contributed by atoms with Gasteiger partial charge in [-0.05, 0) is 24.3 Å². The van der Waals surface area contributed by atoms with Gasteiger partial charge in [-0.2, -0.15) is 0 Å². The molecule has 0 aliphatic carbocycles. The molecule has 0 saturated heterocycles. The van der Waals surface area contributed by atoms with Gasteiger partial charge in [-0.15, -0.1) is 0 Å². The number of nitrogens with zero attached hydrogens (tertiary/aromatic N) is 2. The summed E-state index contributed by atoms with van der Waals surface area (Å²) in [4.78, 5) is 17.9. The Morgan fingerprint density at radius 1 is 1.27 bits per heavy atom. The van der Waals surface area contributed by atoms with E-state index in [-0.39, 0.29) is 12.5 Å². The van der Waals surface area contributed by atoms with Gasteiger partial charge in [-0.25, -0.2) is 0 Å². The topological polar surface area (TPSA) is 42.4 Å². The van der Waals surface area contributed by atoms with Crippen molar-refractivity contribution >= 4 is 29.1 Å². The standard InChI is InChI=1S/C16H16Cl2N2O2/c1-20(9-7-13-4-2-3-8-19-13)16(21)11-22-15-10-12(17)5-6-14(15)18/h2-6,8,10H,7,9,11H2,1H3. The first kappa shape index (κ1) is 16.6. The molecule has 0 spiro atoms. The molecule has 0 radical (unpaired) electrons. The lowest BCUT2D eigenvalue weighted by molar-refractivity contribution is -0.132. The maximum Gasteiger partial charge on any atom is 0.260 e. The van der Waals surface area contributed by atoms with Crippen molar-refractivity contribution in [2.75, 3.05) is 20.2 Å². The first-order chi connectivity index (χ1) is 10.6. The van der Waals surface area contributed by atoms with Crippen LogP contribution in [0.3, 0.4) is 0 Å². The normalized spacial score (nSPS) is 10.3. The number of ether oxygens (including phenoxy) is 1. The summed E-state index contributed by atoms with van der Waals surface area (Å²) in [6.07, 6.45) is 2.43. The SMILES string of the molecule is CN(CCc1ccccn1)C(=O)COc1cc(Cl)ccc1Cl. The zero-order chi connectivity index (χ0) is 15.9. The van der Waals surface area contributed by atoms with Gasteiger partial charge in [0.05, 0.1) is 5.02 Å². The number of benzene rings is 1. The molecule has 4 nitrogen and oxygen atoms in total. The molecule has 0 fully saturated rings. The number of aromatic nitrogens is 1. The highest BCUT2D eigenvalue weighted by Crippen LogP contribution is 2.27. The van der Waals surface area contributed by atoms with Gasteiger partial charge in [-0.3, -0.25) is 9.78 Å². The number of hydrogen-bond acceptors (Lipinski definition) is 3. The van der Waals surface area contributed by atoms with Crippen LogP contribution in [0.25, 0.3) is 0 Å². The maximum atomic E-state index is 12.0. The molecule has 0 atom stereocenters. The van der Waals surface area contributed by atoms with E-state index in [0.717, 1.165) is 5.69 Å². The van der Waals surface area contributed by atoms with Gasteiger partial charge >= 0.3 is 0 Å². The fraction of sp³-hybridized carbons (Fsp3) is 0.250. The van der Waals surface area contributed by atoms with Crippen molar-refractivity contribution < 1.29 is 9.53 Å². The number of pyridine rings is 1. The van der Waals surface area contributed by atoms with Crippen LogP contribution in [0.5, 0.6) is 5.75 Å². The number of amides is 1. The molecule has 22 heavy (non-hydrogen) atoms. The Bertz CT molecular complexity index is 635. The molecule has 0 saturated carbocycles. The van der Waals surface area contributed by atoms with Crippen molar-refractivity contribution in [2.24, 2.45) is 0 Å². The fourth-order valence-corrected chi connectivity index (χ4v) is 2.12. The highest BCUT2D eigenvalue weighted by Gasteiger charge is 2.11. The Hall–Kier alpha value is -1.78. The second kappa shape index (κ2) is 8.01. The zero-order valence-electron chi connectivity index (χ0n) is 12.1. The molecule has 2 rings (SSSR count). The van der Waals surface area contributed by atoms with Crippen LogP contribution in [0.2, 0.25) is 10.0 Å². The molecule has 116 valence electrons. The van der Waals surface area contributed by atoms with Crippen LogP contribution in [0.4, 0.5) is 0 Å². The average molecular weight is 339 g/mol. The van der Waals surface area contributed by atoms with Crippen LogP contribution in [0.15, 0.2) is 42.6 Å². The Labute approximate surface area is 139 Å². The Morgan fingerprint density at radius 2 is 2.09 bits per heavy atom. The number of likely N-dealkylation sites (N-methyl/N-ethyl adjacent to an activating group) is 1. The Balaban J connectivity index is 1.82. The van der Waals surface area contributed by atoms with Crippen molar-refractivity contribution in [1.82, 2.24) is 9.88 Å². The van der Waals surface area contributed by atoms with Crippen molar-refractivity contribution in [3.05, 3.63) is 58.3 Å². The van der Waals surface area contributed by atoms with E-state index in [2.05, 4.69) is 4.98 Å². The monoisotopic (exact) mass is 338 g/mol. The van der Waals surface area contributed by atoms with E-state index in [1.807, 2.05) is 18.2 Å². The first-order valence-electron chi connectivity index (χ1n) is 6.78. The predicted molar refractivity (Wildman–Crippen MR) is 87.5 cm³/mol. The average Bonchev–Trinajstić information content (AvgIpc) is 2.54. The summed E-state index contributed by atoms with van der Waals surface area (Å²) in [5, 5.41) is 0.934. The summed E-state index contributed by atoms with van der Waals surface area (Å²) in [5.41, 5.74) is 0.945. The largest absolute Gasteiger partial charge is 0.482 e. The van der Waals surface area contributed by atoms with E-state index in [4.69, 9.17) is 27.9 Å². The van der Waals surface area contributed by atoms with E-state index >= 15 is 0 Å². The van der Waals surface area contributed by atoms with Crippen LogP contribution in [-0.2, 0) is 11.2 Å². The number of carbonyl (C=O) groups is 1. The second-order valence-electron chi connectivity index (χ2n) is 4.75. The third kappa shape index (κ3) is 4.90. The highest BCUT2D eigenvalue weighted by molar-refractivity contribution is 6.34. The van der Waals surface area contributed by atoms with Gasteiger partial charge in [0, 0.05) is 43.0 Å². The highest BCUT2D eigenvalue weighted by atomic mass is 35.5. The second-order valence-corrected chi connectivity index (χ2v) is 5.59. The van der Waals surface area contributed by atoms with Crippen LogP contribution in [-0.4, -0.2) is 36.0 Å². The minimum absolute atomic E-state index is 0.0845. The van der Waals surface area contributed by atoms with Gasteiger partial charge in [0.1, 0.15) is 5.75 Å². The summed E-state index contributed by atoms with van der Waals surface area (Å²) in [6.45, 7) is 0.487. The first-order valence-corrected chi connectivity index (χ1v) is 7.53. The summed E-state index contributed by atoms with van der Waals surface area (Å²) < 4.78 is 5.43. The third-order valence-corrected chi connectivity index (χ3v) is 3.65. The van der Waals surface area contributed by atoms with E-state index < -0.39 is 0 Å². The molecule has 1 aromatic heterocycles.